The van der Waals surface area contributed by atoms with Gasteiger partial charge in [0.05, 0.1) is 37.6 Å². The number of fused-ring (bicyclic) bond motifs is 3. The van der Waals surface area contributed by atoms with Gasteiger partial charge in [-0.3, -0.25) is 14.9 Å². The first-order valence-electron chi connectivity index (χ1n) is 11.3. The molecule has 0 bridgehead atoms. The number of aliphatic carboxylic acids is 1. The van der Waals surface area contributed by atoms with E-state index >= 15 is 0 Å². The van der Waals surface area contributed by atoms with Crippen molar-refractivity contribution in [3.05, 3.63) is 77.7 Å². The summed E-state index contributed by atoms with van der Waals surface area (Å²) in [5.74, 6) is -1.73. The second-order valence-corrected chi connectivity index (χ2v) is 8.44. The van der Waals surface area contributed by atoms with Gasteiger partial charge >= 0.3 is 12.1 Å². The minimum Gasteiger partial charge on any atom is -0.481 e. The van der Waals surface area contributed by atoms with E-state index in [1.165, 1.54) is 17.2 Å². The number of carbonyl (C=O) groups is 3. The number of ether oxygens (including phenoxy) is 2. The van der Waals surface area contributed by atoms with E-state index < -0.39 is 24.0 Å². The molecule has 1 unspecified atom stereocenters. The van der Waals surface area contributed by atoms with Crippen molar-refractivity contribution in [2.45, 2.75) is 18.4 Å². The number of carboxylic acid groups (broad SMARTS) is 1. The Labute approximate surface area is 201 Å². The second kappa shape index (κ2) is 9.63. The first-order chi connectivity index (χ1) is 17.0. The van der Waals surface area contributed by atoms with Crippen LogP contribution in [0, 0.1) is 0 Å². The molecule has 2 aromatic carbocycles. The van der Waals surface area contributed by atoms with Gasteiger partial charge in [-0.1, -0.05) is 48.5 Å². The molecule has 1 atom stereocenters. The highest BCUT2D eigenvalue weighted by Crippen LogP contribution is 2.44. The van der Waals surface area contributed by atoms with Gasteiger partial charge < -0.3 is 23.9 Å². The van der Waals surface area contributed by atoms with E-state index in [1.54, 1.807) is 0 Å². The van der Waals surface area contributed by atoms with Crippen molar-refractivity contribution >= 4 is 23.7 Å². The van der Waals surface area contributed by atoms with Crippen LogP contribution in [0.2, 0.25) is 0 Å². The number of amides is 2. The van der Waals surface area contributed by atoms with E-state index in [1.807, 2.05) is 36.4 Å². The Balaban J connectivity index is 1.26. The maximum absolute atomic E-state index is 13.1. The lowest BCUT2D eigenvalue weighted by molar-refractivity contribution is -0.139. The lowest BCUT2D eigenvalue weighted by Gasteiger charge is -2.34. The zero-order valence-corrected chi connectivity index (χ0v) is 18.8. The van der Waals surface area contributed by atoms with Gasteiger partial charge in [0.1, 0.15) is 6.61 Å². The fourth-order valence-corrected chi connectivity index (χ4v) is 4.74. The summed E-state index contributed by atoms with van der Waals surface area (Å²) in [5.41, 5.74) is 4.60. The highest BCUT2D eigenvalue weighted by atomic mass is 16.5. The molecule has 9 heteroatoms. The van der Waals surface area contributed by atoms with Gasteiger partial charge in [-0.05, 0) is 22.3 Å². The Kier molecular flexibility index (Phi) is 6.24. The Bertz CT molecular complexity index is 1220. The molecule has 9 nitrogen and oxygen atoms in total. The van der Waals surface area contributed by atoms with E-state index in [0.717, 1.165) is 22.3 Å². The van der Waals surface area contributed by atoms with Crippen LogP contribution in [0.3, 0.4) is 0 Å². The first-order valence-corrected chi connectivity index (χ1v) is 11.3. The maximum Gasteiger partial charge on any atom is 0.411 e. The van der Waals surface area contributed by atoms with Gasteiger partial charge in [0.2, 0.25) is 5.76 Å². The van der Waals surface area contributed by atoms with E-state index in [9.17, 15) is 14.4 Å². The molecule has 35 heavy (non-hydrogen) atoms. The summed E-state index contributed by atoms with van der Waals surface area (Å²) in [6, 6.07) is 16.9. The largest absolute Gasteiger partial charge is 0.481 e. The van der Waals surface area contributed by atoms with E-state index in [0.29, 0.717) is 0 Å². The lowest BCUT2D eigenvalue weighted by Crippen LogP contribution is -2.49. The van der Waals surface area contributed by atoms with Crippen LogP contribution < -0.4 is 5.32 Å². The highest BCUT2D eigenvalue weighted by Gasteiger charge is 2.33. The molecule has 0 radical (unpaired) electrons. The van der Waals surface area contributed by atoms with Crippen molar-refractivity contribution in [2.24, 2.45) is 0 Å². The van der Waals surface area contributed by atoms with Gasteiger partial charge in [0.15, 0.2) is 0 Å². The van der Waals surface area contributed by atoms with Gasteiger partial charge in [-0.25, -0.2) is 4.79 Å². The summed E-state index contributed by atoms with van der Waals surface area (Å²) in [6.07, 6.45) is 0.326. The van der Waals surface area contributed by atoms with Crippen LogP contribution in [0.25, 0.3) is 11.1 Å². The SMILES string of the molecule is O=C(O)CC1COCCN1C(=O)c1occc1NC(=O)OCC1c2ccccc2-c2ccccc21. The number of rotatable bonds is 6. The predicted octanol–water partition coefficient (Wildman–Crippen LogP) is 3.96. The Hall–Kier alpha value is -4.11. The normalized spacial score (nSPS) is 16.9. The fraction of sp³-hybridized carbons (Fsp3) is 0.269. The Morgan fingerprint density at radius 3 is 2.40 bits per heavy atom. The number of nitrogens with zero attached hydrogens (tertiary/aromatic N) is 1. The fourth-order valence-electron chi connectivity index (χ4n) is 4.74. The lowest BCUT2D eigenvalue weighted by atomic mass is 9.98. The minimum atomic E-state index is -1.03. The standard InChI is InChI=1S/C26H24N2O7/c29-23(30)13-16-14-33-12-10-28(16)25(31)24-22(9-11-34-24)27-26(32)35-15-21-19-7-3-1-5-17(19)18-6-2-4-8-20(18)21/h1-9,11,16,21H,10,12-15H2,(H,27,32)(H,29,30). The monoisotopic (exact) mass is 476 g/mol. The molecule has 3 aromatic rings. The number of hydrogen-bond donors (Lipinski definition) is 2. The quantitative estimate of drug-likeness (QED) is 0.553. The van der Waals surface area contributed by atoms with E-state index in [-0.39, 0.29) is 50.2 Å². The van der Waals surface area contributed by atoms with Crippen molar-refractivity contribution in [1.82, 2.24) is 4.90 Å². The molecule has 0 saturated carbocycles. The van der Waals surface area contributed by atoms with Crippen LogP contribution in [0.4, 0.5) is 10.5 Å². The third-order valence-electron chi connectivity index (χ3n) is 6.34. The zero-order valence-electron chi connectivity index (χ0n) is 18.8. The topological polar surface area (TPSA) is 118 Å². The van der Waals surface area contributed by atoms with Crippen molar-refractivity contribution in [2.75, 3.05) is 31.7 Å². The summed E-state index contributed by atoms with van der Waals surface area (Å²) in [5, 5.41) is 11.7. The summed E-state index contributed by atoms with van der Waals surface area (Å²) in [6.45, 7) is 0.763. The second-order valence-electron chi connectivity index (χ2n) is 8.44. The third kappa shape index (κ3) is 4.50. The number of carboxylic acids is 1. The molecule has 1 aliphatic heterocycles. The van der Waals surface area contributed by atoms with Gasteiger partial charge in [0.25, 0.3) is 5.91 Å². The van der Waals surface area contributed by atoms with Crippen molar-refractivity contribution in [3.63, 3.8) is 0 Å². The number of anilines is 1. The molecule has 1 saturated heterocycles. The van der Waals surface area contributed by atoms with Crippen LogP contribution in [0.1, 0.15) is 34.0 Å². The summed E-state index contributed by atoms with van der Waals surface area (Å²) < 4.78 is 16.2. The molecular formula is C26H24N2O7. The van der Waals surface area contributed by atoms with Crippen molar-refractivity contribution in [1.29, 1.82) is 0 Å². The third-order valence-corrected chi connectivity index (χ3v) is 6.34. The molecule has 1 aromatic heterocycles. The molecule has 2 aliphatic rings. The number of morpholine rings is 1. The molecule has 2 amide bonds. The van der Waals surface area contributed by atoms with Crippen LogP contribution in [0.15, 0.2) is 65.3 Å². The van der Waals surface area contributed by atoms with Gasteiger partial charge in [-0.2, -0.15) is 0 Å². The summed E-state index contributed by atoms with van der Waals surface area (Å²) in [7, 11) is 0. The number of hydrogen-bond acceptors (Lipinski definition) is 6. The predicted molar refractivity (Wildman–Crippen MR) is 125 cm³/mol. The number of furan rings is 1. The molecule has 1 fully saturated rings. The average Bonchev–Trinajstić information content (AvgIpc) is 3.45. The first kappa shape index (κ1) is 22.7. The van der Waals surface area contributed by atoms with Crippen LogP contribution in [0.5, 0.6) is 0 Å². The smallest absolute Gasteiger partial charge is 0.411 e. The van der Waals surface area contributed by atoms with Crippen molar-refractivity contribution < 1.29 is 33.4 Å². The molecular weight excluding hydrogens is 452 g/mol. The van der Waals surface area contributed by atoms with Crippen molar-refractivity contribution in [3.8, 4) is 11.1 Å². The molecule has 1 aliphatic carbocycles. The number of carbonyl (C=O) groups excluding carboxylic acids is 2. The molecule has 180 valence electrons. The zero-order chi connectivity index (χ0) is 24.4. The van der Waals surface area contributed by atoms with E-state index in [4.69, 9.17) is 19.0 Å². The summed E-state index contributed by atoms with van der Waals surface area (Å²) in [4.78, 5) is 38.3. The Morgan fingerprint density at radius 2 is 1.71 bits per heavy atom. The minimum absolute atomic E-state index is 0.0872. The summed E-state index contributed by atoms with van der Waals surface area (Å²) >= 11 is 0. The van der Waals surface area contributed by atoms with Gasteiger partial charge in [-0.15, -0.1) is 0 Å². The maximum atomic E-state index is 13.1. The highest BCUT2D eigenvalue weighted by molar-refractivity contribution is 6.00. The Morgan fingerprint density at radius 1 is 1.03 bits per heavy atom. The average molecular weight is 476 g/mol. The number of nitrogens with one attached hydrogen (secondary N) is 1. The van der Waals surface area contributed by atoms with Gasteiger partial charge in [0, 0.05) is 18.5 Å². The number of benzene rings is 2. The molecule has 2 N–H and O–H groups in total. The van der Waals surface area contributed by atoms with Crippen LogP contribution >= 0.6 is 0 Å². The molecule has 0 spiro atoms. The van der Waals surface area contributed by atoms with Crippen LogP contribution in [-0.4, -0.2) is 60.4 Å². The molecule has 2 heterocycles. The molecule has 5 rings (SSSR count). The van der Waals surface area contributed by atoms with Crippen LogP contribution in [-0.2, 0) is 14.3 Å². The van der Waals surface area contributed by atoms with E-state index in [2.05, 4.69) is 17.4 Å².